The van der Waals surface area contributed by atoms with Crippen LogP contribution >= 0.6 is 11.6 Å². The summed E-state index contributed by atoms with van der Waals surface area (Å²) >= 11 is 5.71. The molecule has 2 atom stereocenters. The lowest BCUT2D eigenvalue weighted by Crippen LogP contribution is -2.48. The number of aromatic amines is 1. The van der Waals surface area contributed by atoms with Crippen molar-refractivity contribution < 1.29 is 9.53 Å². The van der Waals surface area contributed by atoms with Crippen LogP contribution in [0.3, 0.4) is 0 Å². The molecule has 3 aliphatic carbocycles. The highest BCUT2D eigenvalue weighted by Gasteiger charge is 2.51. The highest BCUT2D eigenvalue weighted by Crippen LogP contribution is 2.59. The van der Waals surface area contributed by atoms with Gasteiger partial charge in [-0.3, -0.25) is 4.79 Å². The van der Waals surface area contributed by atoms with E-state index in [9.17, 15) is 9.59 Å². The lowest BCUT2D eigenvalue weighted by molar-refractivity contribution is -0.0155. The first-order valence-electron chi connectivity index (χ1n) is 7.14. The maximum atomic E-state index is 12.0. The van der Waals surface area contributed by atoms with Gasteiger partial charge in [-0.15, -0.1) is 0 Å². The summed E-state index contributed by atoms with van der Waals surface area (Å²) in [7, 11) is 0. The Kier molecular flexibility index (Phi) is 3.44. The van der Waals surface area contributed by atoms with E-state index in [1.807, 2.05) is 0 Å². The topological polar surface area (TPSA) is 59.2 Å². The van der Waals surface area contributed by atoms with Gasteiger partial charge in [0.15, 0.2) is 0 Å². The fourth-order valence-electron chi connectivity index (χ4n) is 3.45. The minimum Gasteiger partial charge on any atom is -0.458 e. The zero-order chi connectivity index (χ0) is 15.2. The Labute approximate surface area is 128 Å². The van der Waals surface area contributed by atoms with Crippen molar-refractivity contribution in [3.05, 3.63) is 44.9 Å². The number of H-pyrrole nitrogens is 1. The number of carbonyl (C=O) groups excluding carboxylic acids is 1. The number of rotatable bonds is 3. The van der Waals surface area contributed by atoms with Crippen molar-refractivity contribution in [2.24, 2.45) is 17.3 Å². The molecule has 0 amide bonds. The molecule has 1 saturated carbocycles. The van der Waals surface area contributed by atoms with E-state index in [4.69, 9.17) is 16.3 Å². The first-order chi connectivity index (χ1) is 9.89. The maximum Gasteiger partial charge on any atom is 0.339 e. The third-order valence-corrected chi connectivity index (χ3v) is 5.33. The van der Waals surface area contributed by atoms with E-state index < -0.39 is 11.5 Å². The molecule has 3 aliphatic rings. The SMILES string of the molecule is CC1(C)[C@H]2CC=C(COC(=O)c3c[nH]c(=O)c(Cl)c3)[C@@H]1C2. The fraction of sp³-hybridized carbons (Fsp3) is 0.500. The predicted molar refractivity (Wildman–Crippen MR) is 80.4 cm³/mol. The molecule has 0 aliphatic heterocycles. The van der Waals surface area contributed by atoms with Crippen LogP contribution in [0.25, 0.3) is 0 Å². The van der Waals surface area contributed by atoms with Crippen LogP contribution in [0.4, 0.5) is 0 Å². The van der Waals surface area contributed by atoms with Crippen molar-refractivity contribution in [3.8, 4) is 0 Å². The summed E-state index contributed by atoms with van der Waals surface area (Å²) in [5.41, 5.74) is 1.39. The first-order valence-corrected chi connectivity index (χ1v) is 7.51. The average Bonchev–Trinajstić information content (AvgIpc) is 2.47. The van der Waals surface area contributed by atoms with E-state index >= 15 is 0 Å². The second-order valence-corrected chi connectivity index (χ2v) is 6.87. The molecule has 1 aromatic heterocycles. The number of aromatic nitrogens is 1. The summed E-state index contributed by atoms with van der Waals surface area (Å²) in [6.07, 6.45) is 5.80. The second kappa shape index (κ2) is 5.02. The Bertz CT molecular complexity index is 674. The molecule has 0 spiro atoms. The zero-order valence-corrected chi connectivity index (χ0v) is 12.9. The molecule has 0 unspecified atom stereocenters. The highest BCUT2D eigenvalue weighted by atomic mass is 35.5. The Balaban J connectivity index is 1.65. The zero-order valence-electron chi connectivity index (χ0n) is 12.1. The van der Waals surface area contributed by atoms with Gasteiger partial charge in [0.1, 0.15) is 11.6 Å². The number of ether oxygens (including phenoxy) is 1. The molecule has 1 heterocycles. The van der Waals surface area contributed by atoms with E-state index in [0.29, 0.717) is 17.9 Å². The van der Waals surface area contributed by atoms with Crippen LogP contribution < -0.4 is 5.56 Å². The van der Waals surface area contributed by atoms with Gasteiger partial charge in [0, 0.05) is 6.20 Å². The summed E-state index contributed by atoms with van der Waals surface area (Å²) in [6, 6.07) is 1.33. The fourth-order valence-corrected chi connectivity index (χ4v) is 3.62. The van der Waals surface area contributed by atoms with Crippen LogP contribution in [0.5, 0.6) is 0 Å². The number of hydrogen-bond acceptors (Lipinski definition) is 3. The first kappa shape index (κ1) is 14.4. The van der Waals surface area contributed by atoms with Crippen molar-refractivity contribution in [1.82, 2.24) is 4.98 Å². The molecule has 1 fully saturated rings. The molecule has 1 N–H and O–H groups in total. The smallest absolute Gasteiger partial charge is 0.339 e. The Morgan fingerprint density at radius 2 is 2.29 bits per heavy atom. The normalized spacial score (nSPS) is 25.8. The number of hydrogen-bond donors (Lipinski definition) is 1. The largest absolute Gasteiger partial charge is 0.458 e. The van der Waals surface area contributed by atoms with Gasteiger partial charge in [-0.1, -0.05) is 31.5 Å². The molecule has 5 heteroatoms. The van der Waals surface area contributed by atoms with Crippen LogP contribution in [0.1, 0.15) is 37.0 Å². The van der Waals surface area contributed by atoms with Gasteiger partial charge in [0.2, 0.25) is 0 Å². The summed E-state index contributed by atoms with van der Waals surface area (Å²) in [5.74, 6) is 0.816. The molecular formula is C16H18ClNO3. The summed E-state index contributed by atoms with van der Waals surface area (Å²) in [4.78, 5) is 25.6. The molecule has 1 aromatic rings. The lowest BCUT2D eigenvalue weighted by Gasteiger charge is -2.56. The maximum absolute atomic E-state index is 12.0. The molecule has 2 bridgehead atoms. The van der Waals surface area contributed by atoms with Crippen LogP contribution in [0.15, 0.2) is 28.7 Å². The summed E-state index contributed by atoms with van der Waals surface area (Å²) in [6.45, 7) is 4.88. The van der Waals surface area contributed by atoms with Crippen molar-refractivity contribution in [2.75, 3.05) is 6.61 Å². The third-order valence-electron chi connectivity index (χ3n) is 5.05. The monoisotopic (exact) mass is 307 g/mol. The summed E-state index contributed by atoms with van der Waals surface area (Å²) in [5, 5.41) is -0.00991. The molecular weight excluding hydrogens is 290 g/mol. The van der Waals surface area contributed by atoms with E-state index in [0.717, 1.165) is 12.3 Å². The van der Waals surface area contributed by atoms with Gasteiger partial charge in [0.25, 0.3) is 5.56 Å². The standard InChI is InChI=1S/C16H18ClNO3/c1-16(2)11-4-3-9(12(16)6-11)8-21-15(20)10-5-13(17)14(19)18-7-10/h3,5,7,11-12H,4,6,8H2,1-2H3,(H,18,19)/t11-,12-/m0/s1. The lowest BCUT2D eigenvalue weighted by atomic mass is 9.49. The number of esters is 1. The number of nitrogens with one attached hydrogen (secondary N) is 1. The van der Waals surface area contributed by atoms with Crippen LogP contribution in [0.2, 0.25) is 5.02 Å². The second-order valence-electron chi connectivity index (χ2n) is 6.46. The van der Waals surface area contributed by atoms with Gasteiger partial charge < -0.3 is 9.72 Å². The van der Waals surface area contributed by atoms with Crippen molar-refractivity contribution >= 4 is 17.6 Å². The van der Waals surface area contributed by atoms with E-state index in [-0.39, 0.29) is 10.6 Å². The van der Waals surface area contributed by atoms with Gasteiger partial charge in [-0.05, 0) is 41.7 Å². The number of fused-ring (bicyclic) bond motifs is 1. The van der Waals surface area contributed by atoms with E-state index in [2.05, 4.69) is 24.9 Å². The quantitative estimate of drug-likeness (QED) is 0.689. The van der Waals surface area contributed by atoms with Crippen molar-refractivity contribution in [3.63, 3.8) is 0 Å². The van der Waals surface area contributed by atoms with Crippen molar-refractivity contribution in [1.29, 1.82) is 0 Å². The van der Waals surface area contributed by atoms with Gasteiger partial charge >= 0.3 is 5.97 Å². The minimum absolute atomic E-state index is 0.00991. The number of allylic oxidation sites excluding steroid dienone is 1. The van der Waals surface area contributed by atoms with Crippen LogP contribution in [-0.2, 0) is 4.74 Å². The molecule has 0 aromatic carbocycles. The van der Waals surface area contributed by atoms with Gasteiger partial charge in [-0.2, -0.15) is 0 Å². The highest BCUT2D eigenvalue weighted by molar-refractivity contribution is 6.30. The average molecular weight is 308 g/mol. The molecule has 0 saturated heterocycles. The van der Waals surface area contributed by atoms with Crippen LogP contribution in [-0.4, -0.2) is 17.6 Å². The predicted octanol–water partition coefficient (Wildman–Crippen LogP) is 3.18. The Morgan fingerprint density at radius 1 is 1.52 bits per heavy atom. The molecule has 4 nitrogen and oxygen atoms in total. The number of carbonyl (C=O) groups is 1. The Morgan fingerprint density at radius 3 is 2.90 bits per heavy atom. The molecule has 4 rings (SSSR count). The number of halogens is 1. The van der Waals surface area contributed by atoms with Gasteiger partial charge in [0.05, 0.1) is 5.56 Å². The molecule has 0 radical (unpaired) electrons. The number of pyridine rings is 1. The molecule has 21 heavy (non-hydrogen) atoms. The van der Waals surface area contributed by atoms with E-state index in [1.54, 1.807) is 0 Å². The Hall–Kier alpha value is -1.55. The molecule has 112 valence electrons. The summed E-state index contributed by atoms with van der Waals surface area (Å²) < 4.78 is 5.36. The third kappa shape index (κ3) is 2.42. The van der Waals surface area contributed by atoms with Crippen molar-refractivity contribution in [2.45, 2.75) is 26.7 Å². The van der Waals surface area contributed by atoms with Crippen LogP contribution in [0, 0.1) is 17.3 Å². The van der Waals surface area contributed by atoms with Gasteiger partial charge in [-0.25, -0.2) is 4.79 Å². The minimum atomic E-state index is -0.465. The van der Waals surface area contributed by atoms with E-state index in [1.165, 1.54) is 24.3 Å².